The van der Waals surface area contributed by atoms with E-state index in [4.69, 9.17) is 5.73 Å². The van der Waals surface area contributed by atoms with Crippen LogP contribution in [0.5, 0.6) is 0 Å². The summed E-state index contributed by atoms with van der Waals surface area (Å²) in [6, 6.07) is 0. The van der Waals surface area contributed by atoms with E-state index in [1.807, 2.05) is 6.92 Å². The maximum Gasteiger partial charge on any atom is 0.223 e. The van der Waals surface area contributed by atoms with Crippen LogP contribution in [0.3, 0.4) is 0 Å². The number of hydrogen-bond acceptors (Lipinski definition) is 2. The lowest BCUT2D eigenvalue weighted by Gasteiger charge is -2.24. The molecule has 19 heavy (non-hydrogen) atoms. The molecule has 4 nitrogen and oxygen atoms in total. The Morgan fingerprint density at radius 2 is 1.95 bits per heavy atom. The molecular weight excluding hydrogens is 240 g/mol. The zero-order valence-corrected chi connectivity index (χ0v) is 12.4. The highest BCUT2D eigenvalue weighted by molar-refractivity contribution is 5.86. The zero-order chi connectivity index (χ0) is 14.4. The first-order valence-electron chi connectivity index (χ1n) is 7.58. The fourth-order valence-corrected chi connectivity index (χ4v) is 2.78. The second kappa shape index (κ2) is 7.51. The summed E-state index contributed by atoms with van der Waals surface area (Å²) in [6.07, 6.45) is 4.68. The molecule has 0 radical (unpaired) electrons. The molecule has 0 bridgehead atoms. The second-order valence-corrected chi connectivity index (χ2v) is 5.86. The van der Waals surface area contributed by atoms with Gasteiger partial charge < -0.3 is 11.1 Å². The summed E-state index contributed by atoms with van der Waals surface area (Å²) in [5.74, 6) is 0.422. The number of rotatable bonds is 9. The van der Waals surface area contributed by atoms with Crippen LogP contribution in [0.25, 0.3) is 0 Å². The normalized spacial score (nSPS) is 24.6. The number of nitrogens with two attached hydrogens (primary N) is 1. The summed E-state index contributed by atoms with van der Waals surface area (Å²) in [7, 11) is 0. The largest absolute Gasteiger partial charge is 0.369 e. The minimum Gasteiger partial charge on any atom is -0.369 e. The molecule has 0 aromatic carbocycles. The van der Waals surface area contributed by atoms with Crippen molar-refractivity contribution in [1.29, 1.82) is 0 Å². The minimum absolute atomic E-state index is 0.00139. The van der Waals surface area contributed by atoms with Gasteiger partial charge in [0.15, 0.2) is 0 Å². The number of hydrogen-bond donors (Lipinski definition) is 2. The van der Waals surface area contributed by atoms with E-state index >= 15 is 0 Å². The van der Waals surface area contributed by atoms with Crippen LogP contribution >= 0.6 is 0 Å². The van der Waals surface area contributed by atoms with Crippen LogP contribution in [0, 0.1) is 23.7 Å². The van der Waals surface area contributed by atoms with Gasteiger partial charge in [-0.25, -0.2) is 0 Å². The van der Waals surface area contributed by atoms with Crippen molar-refractivity contribution in [3.05, 3.63) is 0 Å². The van der Waals surface area contributed by atoms with Crippen molar-refractivity contribution in [2.45, 2.75) is 52.9 Å². The first kappa shape index (κ1) is 16.0. The smallest absolute Gasteiger partial charge is 0.223 e. The molecule has 4 heteroatoms. The predicted octanol–water partition coefficient (Wildman–Crippen LogP) is 2.08. The van der Waals surface area contributed by atoms with E-state index in [1.54, 1.807) is 0 Å². The first-order chi connectivity index (χ1) is 9.01. The van der Waals surface area contributed by atoms with Crippen molar-refractivity contribution in [3.63, 3.8) is 0 Å². The van der Waals surface area contributed by atoms with Gasteiger partial charge >= 0.3 is 0 Å². The number of amides is 2. The quantitative estimate of drug-likeness (QED) is 0.672. The topological polar surface area (TPSA) is 72.2 Å². The summed E-state index contributed by atoms with van der Waals surface area (Å²) in [5.41, 5.74) is 5.52. The molecule has 0 aromatic heterocycles. The van der Waals surface area contributed by atoms with E-state index < -0.39 is 0 Å². The minimum atomic E-state index is -0.321. The van der Waals surface area contributed by atoms with Crippen LogP contribution in [0.2, 0.25) is 0 Å². The van der Waals surface area contributed by atoms with Gasteiger partial charge in [-0.15, -0.1) is 0 Å². The van der Waals surface area contributed by atoms with Gasteiger partial charge in [0.25, 0.3) is 0 Å². The molecule has 1 saturated carbocycles. The third-order valence-corrected chi connectivity index (χ3v) is 4.24. The highest BCUT2D eigenvalue weighted by Crippen LogP contribution is 2.44. The Balaban J connectivity index is 2.71. The molecule has 1 aliphatic carbocycles. The molecule has 110 valence electrons. The number of carbonyl (C=O) groups is 2. The average Bonchev–Trinajstić information content (AvgIpc) is 3.04. The van der Waals surface area contributed by atoms with E-state index in [0.717, 1.165) is 25.7 Å². The first-order valence-corrected chi connectivity index (χ1v) is 7.58. The van der Waals surface area contributed by atoms with E-state index in [-0.39, 0.29) is 23.7 Å². The molecule has 0 spiro atoms. The van der Waals surface area contributed by atoms with Gasteiger partial charge in [-0.1, -0.05) is 26.7 Å². The molecule has 3 N–H and O–H groups in total. The number of carbonyl (C=O) groups excluding carboxylic acids is 2. The van der Waals surface area contributed by atoms with E-state index in [9.17, 15) is 9.59 Å². The summed E-state index contributed by atoms with van der Waals surface area (Å²) >= 11 is 0. The highest BCUT2D eigenvalue weighted by Gasteiger charge is 2.40. The Labute approximate surface area is 116 Å². The second-order valence-electron chi connectivity index (χ2n) is 5.86. The SMILES string of the molecule is CCCC[C@H](C(N)=O)[C@@H](CC1CC1C)C(=O)NCC. The lowest BCUT2D eigenvalue weighted by Crippen LogP contribution is -2.40. The molecule has 2 unspecified atom stereocenters. The number of unbranched alkanes of at least 4 members (excludes halogenated alkanes) is 1. The van der Waals surface area contributed by atoms with E-state index in [2.05, 4.69) is 19.2 Å². The van der Waals surface area contributed by atoms with Crippen molar-refractivity contribution in [2.75, 3.05) is 6.54 Å². The lowest BCUT2D eigenvalue weighted by atomic mass is 9.82. The van der Waals surface area contributed by atoms with Gasteiger partial charge in [-0.2, -0.15) is 0 Å². The number of nitrogens with one attached hydrogen (secondary N) is 1. The summed E-state index contributed by atoms with van der Waals surface area (Å²) < 4.78 is 0. The van der Waals surface area contributed by atoms with Crippen molar-refractivity contribution in [2.24, 2.45) is 29.4 Å². The van der Waals surface area contributed by atoms with Gasteiger partial charge in [0.05, 0.1) is 0 Å². The molecule has 4 atom stereocenters. The lowest BCUT2D eigenvalue weighted by molar-refractivity contribution is -0.134. The Morgan fingerprint density at radius 1 is 1.32 bits per heavy atom. The monoisotopic (exact) mass is 268 g/mol. The molecule has 2 amide bonds. The third kappa shape index (κ3) is 4.84. The van der Waals surface area contributed by atoms with Gasteiger partial charge in [0, 0.05) is 18.4 Å². The van der Waals surface area contributed by atoms with Crippen molar-refractivity contribution >= 4 is 11.8 Å². The predicted molar refractivity (Wildman–Crippen MR) is 76.3 cm³/mol. The average molecular weight is 268 g/mol. The molecule has 0 aromatic rings. The van der Waals surface area contributed by atoms with Gasteiger partial charge in [-0.05, 0) is 38.0 Å². The molecule has 0 aliphatic heterocycles. The molecule has 0 heterocycles. The standard InChI is InChI=1S/C15H28N2O2/c1-4-6-7-12(14(16)18)13(15(19)17-5-2)9-11-8-10(11)3/h10-13H,4-9H2,1-3H3,(H2,16,18)(H,17,19)/t10?,11?,12-,13+/m0/s1. The maximum atomic E-state index is 12.2. The van der Waals surface area contributed by atoms with Crippen LogP contribution < -0.4 is 11.1 Å². The molecular formula is C15H28N2O2. The zero-order valence-electron chi connectivity index (χ0n) is 12.4. The Kier molecular flexibility index (Phi) is 6.32. The van der Waals surface area contributed by atoms with Crippen LogP contribution in [0.1, 0.15) is 52.9 Å². The summed E-state index contributed by atoms with van der Waals surface area (Å²) in [6.45, 7) is 6.79. The molecule has 1 aliphatic rings. The Morgan fingerprint density at radius 3 is 2.37 bits per heavy atom. The van der Waals surface area contributed by atoms with Gasteiger partial charge in [0.2, 0.25) is 11.8 Å². The fraction of sp³-hybridized carbons (Fsp3) is 0.867. The third-order valence-electron chi connectivity index (χ3n) is 4.24. The van der Waals surface area contributed by atoms with Crippen LogP contribution in [0.15, 0.2) is 0 Å². The number of primary amides is 1. The fourth-order valence-electron chi connectivity index (χ4n) is 2.78. The van der Waals surface area contributed by atoms with Crippen LogP contribution in [0.4, 0.5) is 0 Å². The molecule has 1 rings (SSSR count). The van der Waals surface area contributed by atoms with E-state index in [0.29, 0.717) is 18.4 Å². The summed E-state index contributed by atoms with van der Waals surface area (Å²) in [4.78, 5) is 23.9. The van der Waals surface area contributed by atoms with Gasteiger partial charge in [0.1, 0.15) is 0 Å². The molecule has 0 saturated heterocycles. The van der Waals surface area contributed by atoms with Crippen LogP contribution in [-0.4, -0.2) is 18.4 Å². The van der Waals surface area contributed by atoms with Crippen molar-refractivity contribution in [3.8, 4) is 0 Å². The van der Waals surface area contributed by atoms with Crippen molar-refractivity contribution in [1.82, 2.24) is 5.32 Å². The molecule has 1 fully saturated rings. The van der Waals surface area contributed by atoms with Crippen LogP contribution in [-0.2, 0) is 9.59 Å². The summed E-state index contributed by atoms with van der Waals surface area (Å²) in [5, 5.41) is 2.86. The Bertz CT molecular complexity index is 317. The van der Waals surface area contributed by atoms with Gasteiger partial charge in [-0.3, -0.25) is 9.59 Å². The Hall–Kier alpha value is -1.06. The van der Waals surface area contributed by atoms with Crippen molar-refractivity contribution < 1.29 is 9.59 Å². The maximum absolute atomic E-state index is 12.2. The highest BCUT2D eigenvalue weighted by atomic mass is 16.2. The van der Waals surface area contributed by atoms with E-state index in [1.165, 1.54) is 6.42 Å².